The van der Waals surface area contributed by atoms with E-state index < -0.39 is 5.91 Å². The van der Waals surface area contributed by atoms with E-state index in [-0.39, 0.29) is 12.2 Å². The zero-order valence-electron chi connectivity index (χ0n) is 16.9. The van der Waals surface area contributed by atoms with Gasteiger partial charge in [-0.05, 0) is 54.1 Å². The lowest BCUT2D eigenvalue weighted by atomic mass is 10.1. The summed E-state index contributed by atoms with van der Waals surface area (Å²) in [5.41, 5.74) is 1.87. The van der Waals surface area contributed by atoms with E-state index in [4.69, 9.17) is 32.7 Å². The number of nitrogens with zero attached hydrogens (tertiary/aromatic N) is 1. The largest absolute Gasteiger partial charge is 0.493 e. The van der Waals surface area contributed by atoms with Crippen LogP contribution in [-0.4, -0.2) is 13.0 Å². The number of halogens is 3. The van der Waals surface area contributed by atoms with E-state index >= 15 is 0 Å². The minimum Gasteiger partial charge on any atom is -0.493 e. The summed E-state index contributed by atoms with van der Waals surface area (Å²) in [6.45, 7) is 0.255. The van der Waals surface area contributed by atoms with Gasteiger partial charge in [-0.15, -0.1) is 0 Å². The van der Waals surface area contributed by atoms with Crippen LogP contribution in [0.1, 0.15) is 11.1 Å². The molecule has 162 valence electrons. The Balaban J connectivity index is 1.82. The number of anilines is 1. The molecule has 0 aliphatic carbocycles. The van der Waals surface area contributed by atoms with Crippen LogP contribution in [0.4, 0.5) is 5.69 Å². The fourth-order valence-electron chi connectivity index (χ4n) is 2.74. The standard InChI is InChI=1S/C24H17BrCl2N2O3/c1-31-22-11-16(10-17(13-28)24(30)29-19-8-6-18(26)7-9-19)20(25)12-23(22)32-14-15-4-2-3-5-21(15)27/h2-12H,14H2,1H3,(H,29,30). The van der Waals surface area contributed by atoms with Crippen molar-refractivity contribution in [1.29, 1.82) is 5.26 Å². The zero-order chi connectivity index (χ0) is 23.1. The monoisotopic (exact) mass is 530 g/mol. The number of hydrogen-bond donors (Lipinski definition) is 1. The molecule has 3 aromatic carbocycles. The Labute approximate surface area is 204 Å². The number of carbonyl (C=O) groups is 1. The maximum absolute atomic E-state index is 12.5. The Kier molecular flexibility index (Phi) is 8.18. The molecule has 1 N–H and O–H groups in total. The lowest BCUT2D eigenvalue weighted by molar-refractivity contribution is -0.112. The van der Waals surface area contributed by atoms with Crippen LogP contribution in [0.5, 0.6) is 11.5 Å². The molecule has 0 unspecified atom stereocenters. The topological polar surface area (TPSA) is 71.3 Å². The second kappa shape index (κ2) is 11.1. The second-order valence-electron chi connectivity index (χ2n) is 6.54. The van der Waals surface area contributed by atoms with Crippen LogP contribution in [0, 0.1) is 11.3 Å². The molecule has 0 saturated carbocycles. The minimum atomic E-state index is -0.542. The van der Waals surface area contributed by atoms with Crippen LogP contribution in [-0.2, 0) is 11.4 Å². The second-order valence-corrected chi connectivity index (χ2v) is 8.23. The van der Waals surface area contributed by atoms with Gasteiger partial charge in [0.05, 0.1) is 7.11 Å². The predicted molar refractivity (Wildman–Crippen MR) is 130 cm³/mol. The molecule has 5 nitrogen and oxygen atoms in total. The summed E-state index contributed by atoms with van der Waals surface area (Å²) < 4.78 is 11.9. The first-order valence-electron chi connectivity index (χ1n) is 9.33. The summed E-state index contributed by atoms with van der Waals surface area (Å²) in [5.74, 6) is 0.391. The van der Waals surface area contributed by atoms with Crippen LogP contribution < -0.4 is 14.8 Å². The first-order valence-corrected chi connectivity index (χ1v) is 10.9. The van der Waals surface area contributed by atoms with Crippen molar-refractivity contribution in [3.05, 3.63) is 91.9 Å². The highest BCUT2D eigenvalue weighted by Gasteiger charge is 2.14. The maximum atomic E-state index is 12.5. The van der Waals surface area contributed by atoms with E-state index in [0.29, 0.717) is 37.3 Å². The van der Waals surface area contributed by atoms with Gasteiger partial charge in [0.2, 0.25) is 0 Å². The number of nitriles is 1. The Morgan fingerprint density at radius 1 is 1.12 bits per heavy atom. The highest BCUT2D eigenvalue weighted by atomic mass is 79.9. The number of hydrogen-bond acceptors (Lipinski definition) is 4. The maximum Gasteiger partial charge on any atom is 0.266 e. The molecule has 1 amide bonds. The number of ether oxygens (including phenoxy) is 2. The van der Waals surface area contributed by atoms with Crippen molar-refractivity contribution in [2.75, 3.05) is 12.4 Å². The molecule has 0 fully saturated rings. The summed E-state index contributed by atoms with van der Waals surface area (Å²) >= 11 is 15.5. The third-order valence-corrected chi connectivity index (χ3v) is 5.70. The molecule has 0 heterocycles. The number of methoxy groups -OCH3 is 1. The molecule has 0 aliphatic rings. The van der Waals surface area contributed by atoms with Crippen molar-refractivity contribution in [2.24, 2.45) is 0 Å². The van der Waals surface area contributed by atoms with Gasteiger partial charge in [-0.25, -0.2) is 0 Å². The Hall–Kier alpha value is -2.98. The highest BCUT2D eigenvalue weighted by Crippen LogP contribution is 2.35. The van der Waals surface area contributed by atoms with Crippen molar-refractivity contribution < 1.29 is 14.3 Å². The third kappa shape index (κ3) is 6.04. The Morgan fingerprint density at radius 3 is 2.50 bits per heavy atom. The van der Waals surface area contributed by atoms with Gasteiger partial charge in [0.25, 0.3) is 5.91 Å². The van der Waals surface area contributed by atoms with E-state index in [1.807, 2.05) is 24.3 Å². The average molecular weight is 532 g/mol. The van der Waals surface area contributed by atoms with Crippen LogP contribution in [0.3, 0.4) is 0 Å². The molecule has 32 heavy (non-hydrogen) atoms. The van der Waals surface area contributed by atoms with Crippen LogP contribution in [0.25, 0.3) is 6.08 Å². The number of rotatable bonds is 7. The van der Waals surface area contributed by atoms with E-state index in [1.54, 1.807) is 42.5 Å². The molecule has 3 aromatic rings. The van der Waals surface area contributed by atoms with E-state index in [2.05, 4.69) is 21.2 Å². The molecule has 0 bridgehead atoms. The van der Waals surface area contributed by atoms with E-state index in [9.17, 15) is 10.1 Å². The average Bonchev–Trinajstić information content (AvgIpc) is 2.79. The summed E-state index contributed by atoms with van der Waals surface area (Å²) in [6, 6.07) is 19.3. The quantitative estimate of drug-likeness (QED) is 0.266. The van der Waals surface area contributed by atoms with Gasteiger partial charge >= 0.3 is 0 Å². The van der Waals surface area contributed by atoms with Gasteiger partial charge in [-0.3, -0.25) is 4.79 Å². The number of amides is 1. The predicted octanol–water partition coefficient (Wildman–Crippen LogP) is 6.89. The summed E-state index contributed by atoms with van der Waals surface area (Å²) in [4.78, 5) is 12.5. The molecule has 0 radical (unpaired) electrons. The van der Waals surface area contributed by atoms with E-state index in [1.165, 1.54) is 13.2 Å². The fourth-order valence-corrected chi connectivity index (χ4v) is 3.49. The molecular formula is C24H17BrCl2N2O3. The molecule has 0 aliphatic heterocycles. The van der Waals surface area contributed by atoms with Crippen molar-refractivity contribution in [3.63, 3.8) is 0 Å². The molecule has 0 aromatic heterocycles. The molecule has 8 heteroatoms. The highest BCUT2D eigenvalue weighted by molar-refractivity contribution is 9.10. The number of nitrogens with one attached hydrogen (secondary N) is 1. The minimum absolute atomic E-state index is 0.0764. The normalized spacial score (nSPS) is 10.9. The molecule has 0 atom stereocenters. The van der Waals surface area contributed by atoms with Gasteiger partial charge in [0.1, 0.15) is 18.2 Å². The van der Waals surface area contributed by atoms with Crippen molar-refractivity contribution in [3.8, 4) is 17.6 Å². The van der Waals surface area contributed by atoms with Crippen LogP contribution in [0.2, 0.25) is 10.0 Å². The Morgan fingerprint density at radius 2 is 1.84 bits per heavy atom. The first kappa shape index (κ1) is 23.7. The fraction of sp³-hybridized carbons (Fsp3) is 0.0833. The van der Waals surface area contributed by atoms with Gasteiger partial charge in [-0.2, -0.15) is 5.26 Å². The molecule has 0 spiro atoms. The summed E-state index contributed by atoms with van der Waals surface area (Å²) in [7, 11) is 1.51. The van der Waals surface area contributed by atoms with E-state index in [0.717, 1.165) is 5.56 Å². The third-order valence-electron chi connectivity index (χ3n) is 4.39. The Bertz CT molecular complexity index is 1200. The molecule has 3 rings (SSSR count). The van der Waals surface area contributed by atoms with Crippen molar-refractivity contribution in [2.45, 2.75) is 6.61 Å². The van der Waals surface area contributed by atoms with Gasteiger partial charge in [0, 0.05) is 25.8 Å². The van der Waals surface area contributed by atoms with Crippen LogP contribution in [0.15, 0.2) is 70.7 Å². The van der Waals surface area contributed by atoms with Gasteiger partial charge < -0.3 is 14.8 Å². The van der Waals surface area contributed by atoms with Gasteiger partial charge in [-0.1, -0.05) is 57.3 Å². The smallest absolute Gasteiger partial charge is 0.266 e. The van der Waals surface area contributed by atoms with Crippen molar-refractivity contribution >= 4 is 56.8 Å². The number of carbonyl (C=O) groups excluding carboxylic acids is 1. The summed E-state index contributed by atoms with van der Waals surface area (Å²) in [6.07, 6.45) is 1.47. The SMILES string of the molecule is COc1cc(C=C(C#N)C(=O)Nc2ccc(Cl)cc2)c(Br)cc1OCc1ccccc1Cl. The van der Waals surface area contributed by atoms with Crippen LogP contribution >= 0.6 is 39.1 Å². The first-order chi connectivity index (χ1) is 15.4. The lowest BCUT2D eigenvalue weighted by Gasteiger charge is -2.14. The summed E-state index contributed by atoms with van der Waals surface area (Å²) in [5, 5.41) is 13.3. The number of benzene rings is 3. The molecular weight excluding hydrogens is 515 g/mol. The molecule has 0 saturated heterocycles. The van der Waals surface area contributed by atoms with Gasteiger partial charge in [0.15, 0.2) is 11.5 Å². The lowest BCUT2D eigenvalue weighted by Crippen LogP contribution is -2.13. The van der Waals surface area contributed by atoms with Crippen molar-refractivity contribution in [1.82, 2.24) is 0 Å². The zero-order valence-corrected chi connectivity index (χ0v) is 20.0.